The summed E-state index contributed by atoms with van der Waals surface area (Å²) in [4.78, 5) is 0. The van der Waals surface area contributed by atoms with Crippen molar-refractivity contribution >= 4 is 15.9 Å². The van der Waals surface area contributed by atoms with Gasteiger partial charge in [0.2, 0.25) is 0 Å². The average Bonchev–Trinajstić information content (AvgIpc) is 2.39. The van der Waals surface area contributed by atoms with Crippen LogP contribution in [0.1, 0.15) is 22.3 Å². The van der Waals surface area contributed by atoms with E-state index in [4.69, 9.17) is 10.5 Å². The van der Waals surface area contributed by atoms with E-state index in [1.807, 2.05) is 26.0 Å². The van der Waals surface area contributed by atoms with Gasteiger partial charge in [0.15, 0.2) is 0 Å². The molecule has 0 saturated heterocycles. The van der Waals surface area contributed by atoms with E-state index in [9.17, 15) is 4.39 Å². The molecule has 2 aromatic rings. The van der Waals surface area contributed by atoms with E-state index in [1.54, 1.807) is 6.07 Å². The zero-order chi connectivity index (χ0) is 14.7. The summed E-state index contributed by atoms with van der Waals surface area (Å²) in [5, 5.41) is 0. The Balaban J connectivity index is 2.19. The van der Waals surface area contributed by atoms with E-state index < -0.39 is 0 Å². The molecule has 2 aromatic carbocycles. The van der Waals surface area contributed by atoms with Crippen molar-refractivity contribution in [3.05, 3.63) is 62.9 Å². The fourth-order valence-corrected chi connectivity index (χ4v) is 2.64. The molecule has 2 rings (SSSR count). The zero-order valence-electron chi connectivity index (χ0n) is 11.5. The van der Waals surface area contributed by atoms with E-state index >= 15 is 0 Å². The molecule has 20 heavy (non-hydrogen) atoms. The highest BCUT2D eigenvalue weighted by Crippen LogP contribution is 2.27. The lowest BCUT2D eigenvalue weighted by Crippen LogP contribution is -2.03. The second kappa shape index (κ2) is 6.37. The van der Waals surface area contributed by atoms with Crippen LogP contribution in [-0.4, -0.2) is 0 Å². The highest BCUT2D eigenvalue weighted by molar-refractivity contribution is 9.10. The summed E-state index contributed by atoms with van der Waals surface area (Å²) < 4.78 is 19.6. The maximum Gasteiger partial charge on any atom is 0.125 e. The molecule has 0 aliphatic rings. The third-order valence-corrected chi connectivity index (χ3v) is 3.88. The molecule has 0 atom stereocenters. The smallest absolute Gasteiger partial charge is 0.125 e. The fraction of sp³-hybridized carbons (Fsp3) is 0.250. The normalized spacial score (nSPS) is 10.7. The molecule has 2 N–H and O–H groups in total. The predicted molar refractivity (Wildman–Crippen MR) is 82.2 cm³/mol. The number of rotatable bonds is 4. The number of nitrogens with two attached hydrogens (primary N) is 1. The van der Waals surface area contributed by atoms with Crippen molar-refractivity contribution in [2.24, 2.45) is 5.73 Å². The fourth-order valence-electron chi connectivity index (χ4n) is 2.17. The van der Waals surface area contributed by atoms with Gasteiger partial charge >= 0.3 is 0 Å². The number of halogens is 2. The summed E-state index contributed by atoms with van der Waals surface area (Å²) in [6.07, 6.45) is 0. The third kappa shape index (κ3) is 3.38. The molecule has 0 saturated carbocycles. The van der Waals surface area contributed by atoms with E-state index in [-0.39, 0.29) is 5.82 Å². The molecule has 0 aliphatic carbocycles. The minimum absolute atomic E-state index is 0.264. The van der Waals surface area contributed by atoms with Crippen LogP contribution in [0.15, 0.2) is 34.8 Å². The summed E-state index contributed by atoms with van der Waals surface area (Å²) in [5.41, 5.74) is 9.78. The molecule has 106 valence electrons. The van der Waals surface area contributed by atoms with Crippen LogP contribution in [0.5, 0.6) is 5.75 Å². The van der Waals surface area contributed by atoms with Crippen molar-refractivity contribution in [2.45, 2.75) is 27.0 Å². The van der Waals surface area contributed by atoms with E-state index in [1.165, 1.54) is 12.1 Å². The van der Waals surface area contributed by atoms with Crippen LogP contribution in [-0.2, 0) is 13.2 Å². The topological polar surface area (TPSA) is 35.2 Å². The van der Waals surface area contributed by atoms with E-state index in [0.29, 0.717) is 17.6 Å². The van der Waals surface area contributed by atoms with Gasteiger partial charge in [-0.05, 0) is 42.7 Å². The number of ether oxygens (including phenoxy) is 1. The van der Waals surface area contributed by atoms with Crippen LogP contribution < -0.4 is 10.5 Å². The summed E-state index contributed by atoms with van der Waals surface area (Å²) in [6.45, 7) is 4.92. The lowest BCUT2D eigenvalue weighted by atomic mass is 10.1. The van der Waals surface area contributed by atoms with Crippen molar-refractivity contribution < 1.29 is 9.13 Å². The number of benzene rings is 2. The predicted octanol–water partition coefficient (Wildman–Crippen LogP) is 4.24. The molecular weight excluding hydrogens is 321 g/mol. The van der Waals surface area contributed by atoms with Crippen LogP contribution in [0.3, 0.4) is 0 Å². The molecule has 0 radical (unpaired) electrons. The van der Waals surface area contributed by atoms with Crippen molar-refractivity contribution in [3.8, 4) is 5.75 Å². The van der Waals surface area contributed by atoms with Crippen molar-refractivity contribution in [2.75, 3.05) is 0 Å². The molecular formula is C16H17BrFNO. The second-order valence-electron chi connectivity index (χ2n) is 4.79. The summed E-state index contributed by atoms with van der Waals surface area (Å²) >= 11 is 3.34. The maximum absolute atomic E-state index is 13.0. The molecule has 0 aliphatic heterocycles. The van der Waals surface area contributed by atoms with Gasteiger partial charge in [0.25, 0.3) is 0 Å². The molecule has 0 unspecified atom stereocenters. The minimum Gasteiger partial charge on any atom is -0.488 e. The molecule has 0 bridgehead atoms. The second-order valence-corrected chi connectivity index (χ2v) is 5.64. The van der Waals surface area contributed by atoms with Gasteiger partial charge in [-0.2, -0.15) is 0 Å². The average molecular weight is 338 g/mol. The maximum atomic E-state index is 13.0. The zero-order valence-corrected chi connectivity index (χ0v) is 13.1. The largest absolute Gasteiger partial charge is 0.488 e. The Kier molecular flexibility index (Phi) is 4.78. The van der Waals surface area contributed by atoms with Gasteiger partial charge in [0, 0.05) is 16.6 Å². The van der Waals surface area contributed by atoms with E-state index in [2.05, 4.69) is 15.9 Å². The van der Waals surface area contributed by atoms with Gasteiger partial charge in [-0.15, -0.1) is 0 Å². The van der Waals surface area contributed by atoms with Gasteiger partial charge in [-0.1, -0.05) is 34.1 Å². The highest BCUT2D eigenvalue weighted by atomic mass is 79.9. The Labute approximate surface area is 126 Å². The van der Waals surface area contributed by atoms with Crippen molar-refractivity contribution in [3.63, 3.8) is 0 Å². The molecule has 0 amide bonds. The lowest BCUT2D eigenvalue weighted by molar-refractivity contribution is 0.301. The van der Waals surface area contributed by atoms with Gasteiger partial charge in [0.1, 0.15) is 18.2 Å². The molecule has 0 heterocycles. The Morgan fingerprint density at radius 1 is 1.15 bits per heavy atom. The quantitative estimate of drug-likeness (QED) is 0.905. The van der Waals surface area contributed by atoms with Gasteiger partial charge < -0.3 is 10.5 Å². The first-order chi connectivity index (χ1) is 9.51. The minimum atomic E-state index is -0.264. The van der Waals surface area contributed by atoms with Gasteiger partial charge in [-0.25, -0.2) is 4.39 Å². The summed E-state index contributed by atoms with van der Waals surface area (Å²) in [6, 6.07) is 8.65. The summed E-state index contributed by atoms with van der Waals surface area (Å²) in [5.74, 6) is 0.596. The first-order valence-corrected chi connectivity index (χ1v) is 7.17. The van der Waals surface area contributed by atoms with Crippen molar-refractivity contribution in [1.82, 2.24) is 0 Å². The van der Waals surface area contributed by atoms with Crippen LogP contribution in [0.2, 0.25) is 0 Å². The lowest BCUT2D eigenvalue weighted by Gasteiger charge is -2.14. The van der Waals surface area contributed by atoms with Gasteiger partial charge in [-0.3, -0.25) is 0 Å². The van der Waals surface area contributed by atoms with Gasteiger partial charge in [0.05, 0.1) is 0 Å². The Bertz CT molecular complexity index is 605. The first kappa shape index (κ1) is 15.0. The van der Waals surface area contributed by atoms with Crippen LogP contribution >= 0.6 is 15.9 Å². The first-order valence-electron chi connectivity index (χ1n) is 6.38. The van der Waals surface area contributed by atoms with Crippen LogP contribution in [0, 0.1) is 19.7 Å². The number of hydrogen-bond donors (Lipinski definition) is 1. The molecule has 0 aromatic heterocycles. The van der Waals surface area contributed by atoms with Crippen LogP contribution in [0.25, 0.3) is 0 Å². The third-order valence-electron chi connectivity index (χ3n) is 3.14. The molecule has 4 heteroatoms. The monoisotopic (exact) mass is 337 g/mol. The molecule has 2 nitrogen and oxygen atoms in total. The SMILES string of the molecule is Cc1cc(CN)cc(C)c1OCc1ccc(F)cc1Br. The molecule has 0 fully saturated rings. The highest BCUT2D eigenvalue weighted by Gasteiger charge is 2.08. The number of hydrogen-bond acceptors (Lipinski definition) is 2. The summed E-state index contributed by atoms with van der Waals surface area (Å²) in [7, 11) is 0. The Morgan fingerprint density at radius 3 is 2.35 bits per heavy atom. The van der Waals surface area contributed by atoms with E-state index in [0.717, 1.165) is 28.0 Å². The Hall–Kier alpha value is -1.39. The molecule has 0 spiro atoms. The Morgan fingerprint density at radius 2 is 1.80 bits per heavy atom. The standard InChI is InChI=1S/C16H17BrFNO/c1-10-5-12(8-19)6-11(2)16(10)20-9-13-3-4-14(18)7-15(13)17/h3-7H,8-9,19H2,1-2H3. The van der Waals surface area contributed by atoms with Crippen molar-refractivity contribution in [1.29, 1.82) is 0 Å². The van der Waals surface area contributed by atoms with Crippen LogP contribution in [0.4, 0.5) is 4.39 Å². The number of aryl methyl sites for hydroxylation is 2.